The molecule has 1 heterocycles. The Morgan fingerprint density at radius 3 is 2.31 bits per heavy atom. The molecule has 0 radical (unpaired) electrons. The molecule has 1 nitrogen and oxygen atoms in total. The van der Waals surface area contributed by atoms with Crippen LogP contribution in [0, 0.1) is 0 Å². The first-order chi connectivity index (χ1) is 6.24. The molecule has 0 aliphatic carbocycles. The third-order valence-electron chi connectivity index (χ3n) is 1.89. The fraction of sp³-hybridized carbons (Fsp3) is 0.583. The highest BCUT2D eigenvalue weighted by Crippen LogP contribution is 2.13. The number of hydrogen-bond donors (Lipinski definition) is 0. The highest BCUT2D eigenvalue weighted by molar-refractivity contribution is 5.20. The van der Waals surface area contributed by atoms with E-state index < -0.39 is 0 Å². The minimum Gasteiger partial charge on any atom is -0.264 e. The normalized spacial score (nSPS) is 9.38. The maximum Gasteiger partial charge on any atom is 0.0302 e. The highest BCUT2D eigenvalue weighted by atomic mass is 14.6. The second-order valence-corrected chi connectivity index (χ2v) is 3.13. The third-order valence-corrected chi connectivity index (χ3v) is 1.89. The average molecular weight is 179 g/mol. The quantitative estimate of drug-likeness (QED) is 0.673. The zero-order valence-electron chi connectivity index (χ0n) is 9.46. The van der Waals surface area contributed by atoms with Gasteiger partial charge in [-0.3, -0.25) is 4.98 Å². The zero-order chi connectivity index (χ0) is 10.3. The third kappa shape index (κ3) is 4.07. The molecule has 0 aliphatic heterocycles. The summed E-state index contributed by atoms with van der Waals surface area (Å²) in [4.78, 5) is 4.18. The summed E-state index contributed by atoms with van der Waals surface area (Å²) in [6, 6.07) is 2.23. The van der Waals surface area contributed by atoms with Crippen LogP contribution < -0.4 is 0 Å². The van der Waals surface area contributed by atoms with E-state index in [1.165, 1.54) is 11.1 Å². The van der Waals surface area contributed by atoms with Gasteiger partial charge in [0.05, 0.1) is 0 Å². The smallest absolute Gasteiger partial charge is 0.0302 e. The van der Waals surface area contributed by atoms with Crippen LogP contribution >= 0.6 is 0 Å². The number of aromatic nitrogens is 1. The van der Waals surface area contributed by atoms with E-state index in [4.69, 9.17) is 0 Å². The van der Waals surface area contributed by atoms with Crippen LogP contribution in [0.1, 0.15) is 51.7 Å². The second-order valence-electron chi connectivity index (χ2n) is 3.13. The summed E-state index contributed by atoms with van der Waals surface area (Å²) in [6.07, 6.45) is 4.96. The molecule has 0 bridgehead atoms. The van der Waals surface area contributed by atoms with E-state index in [-0.39, 0.29) is 0 Å². The van der Waals surface area contributed by atoms with Crippen LogP contribution in [0.15, 0.2) is 18.5 Å². The topological polar surface area (TPSA) is 12.9 Å². The summed E-state index contributed by atoms with van der Waals surface area (Å²) in [5, 5.41) is 0. The molecule has 1 aromatic heterocycles. The molecule has 0 aliphatic rings. The summed E-state index contributed by atoms with van der Waals surface area (Å²) in [7, 11) is 0. The van der Waals surface area contributed by atoms with Crippen LogP contribution in [0.2, 0.25) is 0 Å². The lowest BCUT2D eigenvalue weighted by Gasteiger charge is -2.05. The first-order valence-corrected chi connectivity index (χ1v) is 5.18. The highest BCUT2D eigenvalue weighted by Gasteiger charge is 1.98. The van der Waals surface area contributed by atoms with Gasteiger partial charge >= 0.3 is 0 Å². The standard InChI is InChI=1S/C10H15N.C2H6/c1-4-9-5-10(8(2)3)7-11-6-9;1-2/h5-8H,4H2,1-3H3;1-2H3. The van der Waals surface area contributed by atoms with Crippen molar-refractivity contribution in [3.8, 4) is 0 Å². The summed E-state index contributed by atoms with van der Waals surface area (Å²) in [5.41, 5.74) is 2.67. The van der Waals surface area contributed by atoms with Gasteiger partial charge in [-0.15, -0.1) is 0 Å². The van der Waals surface area contributed by atoms with Crippen molar-refractivity contribution in [2.45, 2.75) is 47.0 Å². The molecule has 0 unspecified atom stereocenters. The van der Waals surface area contributed by atoms with Crippen molar-refractivity contribution in [2.75, 3.05) is 0 Å². The van der Waals surface area contributed by atoms with E-state index >= 15 is 0 Å². The van der Waals surface area contributed by atoms with Crippen molar-refractivity contribution < 1.29 is 0 Å². The zero-order valence-corrected chi connectivity index (χ0v) is 9.46. The van der Waals surface area contributed by atoms with Crippen molar-refractivity contribution in [3.05, 3.63) is 29.6 Å². The lowest BCUT2D eigenvalue weighted by molar-refractivity contribution is 0.852. The van der Waals surface area contributed by atoms with Crippen LogP contribution in [0.25, 0.3) is 0 Å². The van der Waals surface area contributed by atoms with Crippen LogP contribution in [0.5, 0.6) is 0 Å². The number of aryl methyl sites for hydroxylation is 1. The predicted molar refractivity (Wildman–Crippen MR) is 59.1 cm³/mol. The Kier molecular flexibility index (Phi) is 6.21. The van der Waals surface area contributed by atoms with Crippen LogP contribution in [-0.2, 0) is 6.42 Å². The summed E-state index contributed by atoms with van der Waals surface area (Å²) in [6.45, 7) is 10.5. The Morgan fingerprint density at radius 1 is 1.23 bits per heavy atom. The van der Waals surface area contributed by atoms with Crippen molar-refractivity contribution in [1.29, 1.82) is 0 Å². The van der Waals surface area contributed by atoms with Crippen molar-refractivity contribution in [2.24, 2.45) is 0 Å². The van der Waals surface area contributed by atoms with Gasteiger partial charge < -0.3 is 0 Å². The summed E-state index contributed by atoms with van der Waals surface area (Å²) < 4.78 is 0. The molecule has 0 aromatic carbocycles. The molecular weight excluding hydrogens is 158 g/mol. The van der Waals surface area contributed by atoms with Crippen LogP contribution in [0.4, 0.5) is 0 Å². The maximum atomic E-state index is 4.18. The second kappa shape index (κ2) is 6.64. The molecular formula is C12H21N. The predicted octanol–water partition coefficient (Wildman–Crippen LogP) is 3.79. The summed E-state index contributed by atoms with van der Waals surface area (Å²) >= 11 is 0. The monoisotopic (exact) mass is 179 g/mol. The minimum absolute atomic E-state index is 0.592. The first-order valence-electron chi connectivity index (χ1n) is 5.18. The number of pyridine rings is 1. The van der Waals surface area contributed by atoms with Gasteiger partial charge in [0.25, 0.3) is 0 Å². The molecule has 13 heavy (non-hydrogen) atoms. The van der Waals surface area contributed by atoms with Crippen molar-refractivity contribution >= 4 is 0 Å². The van der Waals surface area contributed by atoms with Gasteiger partial charge in [0.15, 0.2) is 0 Å². The van der Waals surface area contributed by atoms with Gasteiger partial charge in [-0.25, -0.2) is 0 Å². The number of nitrogens with zero attached hydrogens (tertiary/aromatic N) is 1. The number of rotatable bonds is 2. The average Bonchev–Trinajstić information content (AvgIpc) is 2.21. The van der Waals surface area contributed by atoms with Crippen molar-refractivity contribution in [1.82, 2.24) is 4.98 Å². The van der Waals surface area contributed by atoms with E-state index in [9.17, 15) is 0 Å². The van der Waals surface area contributed by atoms with Gasteiger partial charge in [0.1, 0.15) is 0 Å². The lowest BCUT2D eigenvalue weighted by Crippen LogP contribution is -1.91. The Morgan fingerprint density at radius 2 is 1.85 bits per heavy atom. The molecule has 0 N–H and O–H groups in total. The van der Waals surface area contributed by atoms with Crippen LogP contribution in [0.3, 0.4) is 0 Å². The maximum absolute atomic E-state index is 4.18. The number of hydrogen-bond acceptors (Lipinski definition) is 1. The van der Waals surface area contributed by atoms with Gasteiger partial charge in [-0.2, -0.15) is 0 Å². The molecule has 1 aromatic rings. The Hall–Kier alpha value is -0.850. The van der Waals surface area contributed by atoms with Gasteiger partial charge in [-0.05, 0) is 23.5 Å². The lowest BCUT2D eigenvalue weighted by atomic mass is 10.0. The molecule has 0 spiro atoms. The van der Waals surface area contributed by atoms with E-state index in [1.54, 1.807) is 0 Å². The Bertz CT molecular complexity index is 228. The van der Waals surface area contributed by atoms with E-state index in [1.807, 2.05) is 26.2 Å². The molecule has 0 saturated carbocycles. The van der Waals surface area contributed by atoms with Gasteiger partial charge in [0, 0.05) is 12.4 Å². The molecule has 0 amide bonds. The van der Waals surface area contributed by atoms with E-state index in [0.29, 0.717) is 5.92 Å². The fourth-order valence-electron chi connectivity index (χ4n) is 1.02. The Labute approximate surface area is 82.2 Å². The van der Waals surface area contributed by atoms with E-state index in [0.717, 1.165) is 6.42 Å². The van der Waals surface area contributed by atoms with Crippen molar-refractivity contribution in [3.63, 3.8) is 0 Å². The Balaban J connectivity index is 0.000000671. The summed E-state index contributed by atoms with van der Waals surface area (Å²) in [5.74, 6) is 0.592. The van der Waals surface area contributed by atoms with Crippen LogP contribution in [-0.4, -0.2) is 4.98 Å². The molecule has 0 fully saturated rings. The largest absolute Gasteiger partial charge is 0.264 e. The molecule has 0 saturated heterocycles. The molecule has 74 valence electrons. The van der Waals surface area contributed by atoms with Gasteiger partial charge in [-0.1, -0.05) is 40.7 Å². The van der Waals surface area contributed by atoms with E-state index in [2.05, 4.69) is 31.8 Å². The van der Waals surface area contributed by atoms with Gasteiger partial charge in [0.2, 0.25) is 0 Å². The SMILES string of the molecule is CC.CCc1cncc(C(C)C)c1. The molecule has 1 heteroatoms. The minimum atomic E-state index is 0.592. The molecule has 1 rings (SSSR count). The molecule has 0 atom stereocenters. The first kappa shape index (κ1) is 12.2. The fourth-order valence-corrected chi connectivity index (χ4v) is 1.02.